The van der Waals surface area contributed by atoms with Crippen molar-refractivity contribution in [3.05, 3.63) is 141 Å². The highest BCUT2D eigenvalue weighted by atomic mass is 17.2. The third-order valence-corrected chi connectivity index (χ3v) is 6.25. The third-order valence-electron chi connectivity index (χ3n) is 6.25. The lowest BCUT2D eigenvalue weighted by Gasteiger charge is -2.12. The van der Waals surface area contributed by atoms with Gasteiger partial charge in [-0.3, -0.25) is 9.59 Å². The van der Waals surface area contributed by atoms with Gasteiger partial charge in [0, 0.05) is 22.3 Å². The van der Waals surface area contributed by atoms with Crippen LogP contribution in [0.3, 0.4) is 0 Å². The average Bonchev–Trinajstić information content (AvgIpc) is 2.91. The second-order valence-electron chi connectivity index (χ2n) is 9.13. The maximum atomic E-state index is 13.3. The van der Waals surface area contributed by atoms with Crippen LogP contribution in [0, 0.1) is 27.7 Å². The Morgan fingerprint density at radius 2 is 0.816 bits per heavy atom. The zero-order chi connectivity index (χ0) is 27.4. The highest BCUT2D eigenvalue weighted by Gasteiger charge is 2.25. The van der Waals surface area contributed by atoms with Crippen LogP contribution in [0.1, 0.15) is 74.8 Å². The maximum absolute atomic E-state index is 13.3. The van der Waals surface area contributed by atoms with E-state index in [0.29, 0.717) is 11.1 Å². The van der Waals surface area contributed by atoms with Gasteiger partial charge in [-0.15, -0.1) is 0 Å². The van der Waals surface area contributed by atoms with Crippen LogP contribution in [0.25, 0.3) is 0 Å². The van der Waals surface area contributed by atoms with Crippen LogP contribution in [0.2, 0.25) is 0 Å². The molecule has 190 valence electrons. The fourth-order valence-corrected chi connectivity index (χ4v) is 4.16. The van der Waals surface area contributed by atoms with E-state index in [9.17, 15) is 19.2 Å². The molecule has 0 saturated heterocycles. The van der Waals surface area contributed by atoms with Crippen LogP contribution in [-0.2, 0) is 9.78 Å². The smallest absolute Gasteiger partial charge is 0.289 e. The lowest BCUT2D eigenvalue weighted by atomic mass is 9.94. The lowest BCUT2D eigenvalue weighted by Crippen LogP contribution is -2.18. The monoisotopic (exact) mass is 506 g/mol. The second-order valence-corrected chi connectivity index (χ2v) is 9.13. The van der Waals surface area contributed by atoms with Crippen LogP contribution < -0.4 is 0 Å². The van der Waals surface area contributed by atoms with Crippen molar-refractivity contribution in [3.63, 3.8) is 0 Å². The van der Waals surface area contributed by atoms with E-state index in [1.165, 1.54) is 12.1 Å². The van der Waals surface area contributed by atoms with Crippen molar-refractivity contribution in [2.24, 2.45) is 0 Å². The summed E-state index contributed by atoms with van der Waals surface area (Å²) in [6.07, 6.45) is 0. The van der Waals surface area contributed by atoms with Crippen LogP contribution in [0.4, 0.5) is 0 Å². The van der Waals surface area contributed by atoms with E-state index in [4.69, 9.17) is 9.78 Å². The summed E-state index contributed by atoms with van der Waals surface area (Å²) in [4.78, 5) is 62.2. The molecule has 0 saturated carbocycles. The van der Waals surface area contributed by atoms with Gasteiger partial charge >= 0.3 is 11.9 Å². The topological polar surface area (TPSA) is 86.7 Å². The Balaban J connectivity index is 1.59. The van der Waals surface area contributed by atoms with E-state index in [-0.39, 0.29) is 33.8 Å². The highest BCUT2D eigenvalue weighted by molar-refractivity contribution is 6.16. The van der Waals surface area contributed by atoms with E-state index < -0.39 is 11.9 Å². The molecule has 0 radical (unpaired) electrons. The lowest BCUT2D eigenvalue weighted by molar-refractivity contribution is -0.187. The predicted molar refractivity (Wildman–Crippen MR) is 142 cm³/mol. The predicted octanol–water partition coefficient (Wildman–Crippen LogP) is 6.31. The normalized spacial score (nSPS) is 10.5. The molecular weight excluding hydrogens is 480 g/mol. The van der Waals surface area contributed by atoms with E-state index in [1.54, 1.807) is 88.4 Å². The van der Waals surface area contributed by atoms with Crippen molar-refractivity contribution in [3.8, 4) is 0 Å². The first-order valence-corrected chi connectivity index (χ1v) is 12.0. The molecule has 6 heteroatoms. The molecule has 0 heterocycles. The molecule has 0 unspecified atom stereocenters. The van der Waals surface area contributed by atoms with Gasteiger partial charge in [0.05, 0.1) is 11.1 Å². The van der Waals surface area contributed by atoms with Crippen LogP contribution >= 0.6 is 0 Å². The fraction of sp³-hybridized carbons (Fsp3) is 0.125. The Morgan fingerprint density at radius 1 is 0.447 bits per heavy atom. The third kappa shape index (κ3) is 5.44. The summed E-state index contributed by atoms with van der Waals surface area (Å²) in [5, 5.41) is 0. The summed E-state index contributed by atoms with van der Waals surface area (Å²) in [5.74, 6) is -2.71. The second kappa shape index (κ2) is 11.0. The number of carbonyl (C=O) groups is 4. The van der Waals surface area contributed by atoms with Crippen LogP contribution in [0.15, 0.2) is 84.9 Å². The number of rotatable bonds is 6. The quantitative estimate of drug-likeness (QED) is 0.173. The Kier molecular flexibility index (Phi) is 7.63. The van der Waals surface area contributed by atoms with Crippen molar-refractivity contribution in [2.75, 3.05) is 0 Å². The Hall–Kier alpha value is -4.84. The van der Waals surface area contributed by atoms with Gasteiger partial charge in [0.15, 0.2) is 11.6 Å². The largest absolute Gasteiger partial charge is 0.387 e. The minimum Gasteiger partial charge on any atom is -0.289 e. The molecule has 4 rings (SSSR count). The molecule has 0 aromatic heterocycles. The van der Waals surface area contributed by atoms with Gasteiger partial charge in [-0.2, -0.15) is 0 Å². The Bertz CT molecular complexity index is 1460. The van der Waals surface area contributed by atoms with Crippen molar-refractivity contribution >= 4 is 23.5 Å². The summed E-state index contributed by atoms with van der Waals surface area (Å²) >= 11 is 0. The molecule has 0 fully saturated rings. The molecule has 0 amide bonds. The molecule has 4 aromatic rings. The van der Waals surface area contributed by atoms with E-state index in [2.05, 4.69) is 0 Å². The SMILES string of the molecule is Cc1ccc(C(=O)OOC(=O)c2ccc(C)cc2C(=O)c2ccccc2C)c(C(=O)c2ccccc2C)c1. The summed E-state index contributed by atoms with van der Waals surface area (Å²) in [6, 6.07) is 23.5. The van der Waals surface area contributed by atoms with Gasteiger partial charge < -0.3 is 0 Å². The van der Waals surface area contributed by atoms with Crippen LogP contribution in [0.5, 0.6) is 0 Å². The number of aryl methyl sites for hydroxylation is 4. The molecule has 0 spiro atoms. The molecule has 6 nitrogen and oxygen atoms in total. The molecule has 0 atom stereocenters. The van der Waals surface area contributed by atoms with Gasteiger partial charge in [0.25, 0.3) is 0 Å². The summed E-state index contributed by atoms with van der Waals surface area (Å²) in [6.45, 7) is 7.21. The summed E-state index contributed by atoms with van der Waals surface area (Å²) in [7, 11) is 0. The van der Waals surface area contributed by atoms with E-state index in [1.807, 2.05) is 12.1 Å². The molecule has 0 bridgehead atoms. The standard InChI is InChI=1S/C32H26O6/c1-19-13-15-25(27(17-19)29(33)23-11-7-5-9-21(23)3)31(35)37-38-32(36)26-16-14-20(2)18-28(26)30(34)24-12-8-6-10-22(24)4/h5-18H,1-4H3. The Labute approximate surface area is 220 Å². The molecule has 38 heavy (non-hydrogen) atoms. The minimum absolute atomic E-state index is 0.0447. The molecule has 0 N–H and O–H groups in total. The first kappa shape index (κ1) is 26.2. The molecular formula is C32H26O6. The fourth-order valence-electron chi connectivity index (χ4n) is 4.16. The maximum Gasteiger partial charge on any atom is 0.387 e. The van der Waals surface area contributed by atoms with Crippen molar-refractivity contribution in [1.29, 1.82) is 0 Å². The zero-order valence-corrected chi connectivity index (χ0v) is 21.5. The van der Waals surface area contributed by atoms with Gasteiger partial charge in [-0.25, -0.2) is 19.4 Å². The van der Waals surface area contributed by atoms with E-state index >= 15 is 0 Å². The summed E-state index contributed by atoms with van der Waals surface area (Å²) < 4.78 is 0. The average molecular weight is 507 g/mol. The first-order valence-electron chi connectivity index (χ1n) is 12.0. The van der Waals surface area contributed by atoms with E-state index in [0.717, 1.165) is 22.3 Å². The number of hydrogen-bond donors (Lipinski definition) is 0. The summed E-state index contributed by atoms with van der Waals surface area (Å²) in [5.41, 5.74) is 4.13. The minimum atomic E-state index is -1.01. The van der Waals surface area contributed by atoms with Gasteiger partial charge in [0.1, 0.15) is 0 Å². The first-order chi connectivity index (χ1) is 18.2. The van der Waals surface area contributed by atoms with Crippen molar-refractivity contribution in [2.45, 2.75) is 27.7 Å². The van der Waals surface area contributed by atoms with Crippen molar-refractivity contribution < 1.29 is 29.0 Å². The molecule has 0 aliphatic rings. The Morgan fingerprint density at radius 3 is 1.18 bits per heavy atom. The van der Waals surface area contributed by atoms with Crippen molar-refractivity contribution in [1.82, 2.24) is 0 Å². The van der Waals surface area contributed by atoms with Gasteiger partial charge in [0.2, 0.25) is 0 Å². The zero-order valence-electron chi connectivity index (χ0n) is 21.5. The number of benzene rings is 4. The number of hydrogen-bond acceptors (Lipinski definition) is 6. The molecule has 0 aliphatic heterocycles. The number of carbonyl (C=O) groups excluding carboxylic acids is 4. The highest BCUT2D eigenvalue weighted by Crippen LogP contribution is 2.22. The molecule has 0 aliphatic carbocycles. The number of ketones is 2. The van der Waals surface area contributed by atoms with Gasteiger partial charge in [-0.1, -0.05) is 71.8 Å². The molecule has 4 aromatic carbocycles. The van der Waals surface area contributed by atoms with Gasteiger partial charge in [-0.05, 0) is 63.1 Å². The van der Waals surface area contributed by atoms with Crippen LogP contribution in [-0.4, -0.2) is 23.5 Å².